The minimum Gasteiger partial charge on any atom is -0.619 e. The maximum Gasteiger partial charge on any atom is 0.256 e. The number of methoxy groups -OCH3 is 1. The van der Waals surface area contributed by atoms with Crippen molar-refractivity contribution in [3.63, 3.8) is 0 Å². The number of carbonyl (C=O) groups excluding carboxylic acids is 1. The van der Waals surface area contributed by atoms with Gasteiger partial charge in [0.15, 0.2) is 23.9 Å². The Morgan fingerprint density at radius 3 is 2.24 bits per heavy atom. The van der Waals surface area contributed by atoms with Crippen LogP contribution in [0.5, 0.6) is 17.2 Å². The maximum atomic E-state index is 12.1. The molecular formula is C19H16N2O4. The molecule has 0 bridgehead atoms. The second kappa shape index (κ2) is 7.35. The Kier molecular flexibility index (Phi) is 4.80. The van der Waals surface area contributed by atoms with E-state index in [2.05, 4.69) is 5.32 Å². The molecule has 0 saturated carbocycles. The number of ether oxygens (including phenoxy) is 2. The van der Waals surface area contributed by atoms with E-state index < -0.39 is 0 Å². The summed E-state index contributed by atoms with van der Waals surface area (Å²) in [5.74, 6) is 1.57. The summed E-state index contributed by atoms with van der Waals surface area (Å²) in [6.45, 7) is 0. The summed E-state index contributed by atoms with van der Waals surface area (Å²) in [4.78, 5) is 12.1. The highest BCUT2D eigenvalue weighted by Crippen LogP contribution is 2.31. The highest BCUT2D eigenvalue weighted by Gasteiger charge is 2.08. The molecule has 0 unspecified atom stereocenters. The van der Waals surface area contributed by atoms with Crippen LogP contribution in [0, 0.1) is 5.21 Å². The van der Waals surface area contributed by atoms with Crippen molar-refractivity contribution in [2.24, 2.45) is 0 Å². The first-order valence-corrected chi connectivity index (χ1v) is 7.57. The molecule has 1 amide bonds. The van der Waals surface area contributed by atoms with E-state index in [1.807, 2.05) is 24.3 Å². The van der Waals surface area contributed by atoms with Crippen LogP contribution in [-0.2, 0) is 0 Å². The second-order valence-corrected chi connectivity index (χ2v) is 5.18. The van der Waals surface area contributed by atoms with Crippen LogP contribution in [0.3, 0.4) is 0 Å². The number of nitrogens with one attached hydrogen (secondary N) is 1. The molecule has 0 saturated heterocycles. The van der Waals surface area contributed by atoms with Crippen LogP contribution in [0.2, 0.25) is 0 Å². The quantitative estimate of drug-likeness (QED) is 0.572. The minimum atomic E-state index is -0.293. The van der Waals surface area contributed by atoms with Gasteiger partial charge in [0.05, 0.1) is 12.7 Å². The number of rotatable bonds is 5. The number of benzene rings is 2. The number of carbonyl (C=O) groups is 1. The van der Waals surface area contributed by atoms with Crippen LogP contribution in [0.1, 0.15) is 10.4 Å². The number of anilines is 1. The fourth-order valence-electron chi connectivity index (χ4n) is 2.20. The topological polar surface area (TPSA) is 74.5 Å². The largest absolute Gasteiger partial charge is 0.619 e. The van der Waals surface area contributed by atoms with Crippen molar-refractivity contribution in [1.82, 2.24) is 0 Å². The molecule has 2 aromatic carbocycles. The average Bonchev–Trinajstić information content (AvgIpc) is 2.64. The van der Waals surface area contributed by atoms with Gasteiger partial charge in [-0.2, -0.15) is 4.73 Å². The summed E-state index contributed by atoms with van der Waals surface area (Å²) in [6, 6.07) is 17.2. The number of hydrogen-bond acceptors (Lipinski definition) is 4. The van der Waals surface area contributed by atoms with Crippen molar-refractivity contribution < 1.29 is 19.0 Å². The number of hydrogen-bond donors (Lipinski definition) is 1. The normalized spacial score (nSPS) is 10.1. The number of amides is 1. The molecule has 0 aliphatic carbocycles. The van der Waals surface area contributed by atoms with Gasteiger partial charge in [0, 0.05) is 17.8 Å². The molecule has 1 N–H and O–H groups in total. The number of aromatic nitrogens is 1. The first-order valence-electron chi connectivity index (χ1n) is 7.57. The third-order valence-corrected chi connectivity index (χ3v) is 3.47. The Bertz CT molecular complexity index is 861. The molecule has 6 nitrogen and oxygen atoms in total. The van der Waals surface area contributed by atoms with Crippen molar-refractivity contribution in [1.29, 1.82) is 0 Å². The van der Waals surface area contributed by atoms with E-state index in [0.717, 1.165) is 0 Å². The summed E-state index contributed by atoms with van der Waals surface area (Å²) >= 11 is 0. The van der Waals surface area contributed by atoms with Gasteiger partial charge < -0.3 is 20.0 Å². The lowest BCUT2D eigenvalue weighted by molar-refractivity contribution is -0.605. The summed E-state index contributed by atoms with van der Waals surface area (Å²) in [5, 5.41) is 13.8. The number of pyridine rings is 1. The molecule has 0 spiro atoms. The lowest BCUT2D eigenvalue weighted by Gasteiger charge is -2.10. The highest BCUT2D eigenvalue weighted by atomic mass is 16.5. The van der Waals surface area contributed by atoms with Gasteiger partial charge in [-0.1, -0.05) is 12.1 Å². The second-order valence-electron chi connectivity index (χ2n) is 5.18. The molecule has 0 aliphatic rings. The van der Waals surface area contributed by atoms with E-state index in [1.54, 1.807) is 31.4 Å². The van der Waals surface area contributed by atoms with Crippen LogP contribution in [-0.4, -0.2) is 13.0 Å². The SMILES string of the molecule is COc1ccccc1Oc1ccc(NC(=O)c2cc[n+]([O-])cc2)cc1. The van der Waals surface area contributed by atoms with Gasteiger partial charge in [0.1, 0.15) is 5.75 Å². The molecule has 25 heavy (non-hydrogen) atoms. The van der Waals surface area contributed by atoms with Gasteiger partial charge >= 0.3 is 0 Å². The van der Waals surface area contributed by atoms with Crippen molar-refractivity contribution in [2.75, 3.05) is 12.4 Å². The Labute approximate surface area is 144 Å². The molecule has 1 aromatic heterocycles. The molecule has 1 heterocycles. The van der Waals surface area contributed by atoms with Crippen LogP contribution in [0.4, 0.5) is 5.69 Å². The van der Waals surface area contributed by atoms with E-state index in [0.29, 0.717) is 33.2 Å². The number of para-hydroxylation sites is 2. The van der Waals surface area contributed by atoms with E-state index in [-0.39, 0.29) is 5.91 Å². The third-order valence-electron chi connectivity index (χ3n) is 3.47. The summed E-state index contributed by atoms with van der Waals surface area (Å²) < 4.78 is 11.7. The van der Waals surface area contributed by atoms with Crippen LogP contribution < -0.4 is 19.5 Å². The zero-order valence-electron chi connectivity index (χ0n) is 13.5. The van der Waals surface area contributed by atoms with Crippen LogP contribution in [0.15, 0.2) is 73.1 Å². The van der Waals surface area contributed by atoms with Crippen molar-refractivity contribution >= 4 is 11.6 Å². The summed E-state index contributed by atoms with van der Waals surface area (Å²) in [6.07, 6.45) is 2.55. The number of nitrogens with zero attached hydrogens (tertiary/aromatic N) is 1. The van der Waals surface area contributed by atoms with Gasteiger partial charge in [0.2, 0.25) is 0 Å². The molecule has 3 rings (SSSR count). The van der Waals surface area contributed by atoms with Crippen molar-refractivity contribution in [2.45, 2.75) is 0 Å². The van der Waals surface area contributed by atoms with E-state index in [9.17, 15) is 10.0 Å². The monoisotopic (exact) mass is 336 g/mol. The zero-order chi connectivity index (χ0) is 17.6. The Hall–Kier alpha value is -3.54. The van der Waals surface area contributed by atoms with Crippen molar-refractivity contribution in [3.05, 3.63) is 83.8 Å². The molecule has 126 valence electrons. The predicted octanol–water partition coefficient (Wildman–Crippen LogP) is 3.37. The van der Waals surface area contributed by atoms with Gasteiger partial charge in [0.25, 0.3) is 5.91 Å². The van der Waals surface area contributed by atoms with E-state index >= 15 is 0 Å². The minimum absolute atomic E-state index is 0.293. The molecule has 0 fully saturated rings. The van der Waals surface area contributed by atoms with Crippen molar-refractivity contribution in [3.8, 4) is 17.2 Å². The summed E-state index contributed by atoms with van der Waals surface area (Å²) in [7, 11) is 1.58. The lowest BCUT2D eigenvalue weighted by Crippen LogP contribution is -2.25. The first kappa shape index (κ1) is 16.3. The third kappa shape index (κ3) is 4.06. The first-order chi connectivity index (χ1) is 12.2. The molecule has 3 aromatic rings. The summed E-state index contributed by atoms with van der Waals surface area (Å²) in [5.41, 5.74) is 1.03. The average molecular weight is 336 g/mol. The molecule has 0 atom stereocenters. The lowest BCUT2D eigenvalue weighted by atomic mass is 10.2. The zero-order valence-corrected chi connectivity index (χ0v) is 13.5. The van der Waals surface area contributed by atoms with Gasteiger partial charge in [-0.05, 0) is 36.4 Å². The van der Waals surface area contributed by atoms with Crippen LogP contribution >= 0.6 is 0 Å². The smallest absolute Gasteiger partial charge is 0.256 e. The fraction of sp³-hybridized carbons (Fsp3) is 0.0526. The van der Waals surface area contributed by atoms with E-state index in [4.69, 9.17) is 9.47 Å². The van der Waals surface area contributed by atoms with Gasteiger partial charge in [-0.15, -0.1) is 0 Å². The molecule has 6 heteroatoms. The van der Waals surface area contributed by atoms with Crippen LogP contribution in [0.25, 0.3) is 0 Å². The maximum absolute atomic E-state index is 12.1. The molecular weight excluding hydrogens is 320 g/mol. The molecule has 0 radical (unpaired) electrons. The predicted molar refractivity (Wildman–Crippen MR) is 92.9 cm³/mol. The Balaban J connectivity index is 1.68. The van der Waals surface area contributed by atoms with Gasteiger partial charge in [-0.3, -0.25) is 4.79 Å². The Morgan fingerprint density at radius 2 is 1.60 bits per heavy atom. The highest BCUT2D eigenvalue weighted by molar-refractivity contribution is 6.04. The molecule has 0 aliphatic heterocycles. The van der Waals surface area contributed by atoms with Gasteiger partial charge in [-0.25, -0.2) is 0 Å². The standard InChI is InChI=1S/C19H16N2O4/c1-24-17-4-2-3-5-18(17)25-16-8-6-15(7-9-16)20-19(22)14-10-12-21(23)13-11-14/h2-13H,1H3,(H,20,22). The van der Waals surface area contributed by atoms with E-state index in [1.165, 1.54) is 24.5 Å². The Morgan fingerprint density at radius 1 is 0.960 bits per heavy atom. The fourth-order valence-corrected chi connectivity index (χ4v) is 2.20.